The van der Waals surface area contributed by atoms with E-state index in [9.17, 15) is 9.90 Å². The molecule has 0 bridgehead atoms. The predicted molar refractivity (Wildman–Crippen MR) is 71.7 cm³/mol. The summed E-state index contributed by atoms with van der Waals surface area (Å²) < 4.78 is 0.684. The molecule has 0 radical (unpaired) electrons. The van der Waals surface area contributed by atoms with Gasteiger partial charge in [-0.05, 0) is 40.0 Å². The largest absolute Gasteiger partial charge is 0.399 e. The topological polar surface area (TPSA) is 75.3 Å². The number of nitrogens with two attached hydrogens (primary N) is 1. The van der Waals surface area contributed by atoms with Crippen LogP contribution >= 0.6 is 15.9 Å². The summed E-state index contributed by atoms with van der Waals surface area (Å²) in [5.41, 5.74) is 6.62. The lowest BCUT2D eigenvalue weighted by Crippen LogP contribution is -2.34. The van der Waals surface area contributed by atoms with Gasteiger partial charge < -0.3 is 16.2 Å². The minimum absolute atomic E-state index is 0.111. The van der Waals surface area contributed by atoms with Gasteiger partial charge >= 0.3 is 0 Å². The molecular formula is C12H17BrN2O2. The fourth-order valence-corrected chi connectivity index (χ4v) is 1.67. The molecule has 0 saturated carbocycles. The average Bonchev–Trinajstić information content (AvgIpc) is 2.28. The predicted octanol–water partition coefficient (Wildman–Crippen LogP) is 1.78. The summed E-state index contributed by atoms with van der Waals surface area (Å²) in [6.07, 6.45) is -0.543. The lowest BCUT2D eigenvalue weighted by molar-refractivity contribution is 0.0871. The molecule has 0 aromatic heterocycles. The van der Waals surface area contributed by atoms with E-state index in [1.807, 2.05) is 13.8 Å². The van der Waals surface area contributed by atoms with Crippen molar-refractivity contribution >= 4 is 27.5 Å². The second kappa shape index (κ2) is 6.02. The van der Waals surface area contributed by atoms with E-state index in [0.29, 0.717) is 15.7 Å². The maximum absolute atomic E-state index is 11.8. The number of rotatable bonds is 4. The molecule has 1 rings (SSSR count). The third kappa shape index (κ3) is 4.02. The molecule has 5 heteroatoms. The number of aliphatic hydroxyl groups excluding tert-OH is 1. The number of amides is 1. The van der Waals surface area contributed by atoms with E-state index < -0.39 is 6.10 Å². The van der Waals surface area contributed by atoms with Gasteiger partial charge in [0.15, 0.2) is 0 Å². The van der Waals surface area contributed by atoms with Gasteiger partial charge in [-0.3, -0.25) is 4.79 Å². The van der Waals surface area contributed by atoms with Crippen LogP contribution in [0.1, 0.15) is 24.2 Å². The van der Waals surface area contributed by atoms with Crippen molar-refractivity contribution in [2.24, 2.45) is 5.92 Å². The van der Waals surface area contributed by atoms with Gasteiger partial charge in [0.25, 0.3) is 5.91 Å². The number of halogens is 1. The van der Waals surface area contributed by atoms with Crippen LogP contribution in [-0.2, 0) is 0 Å². The Morgan fingerprint density at radius 1 is 1.53 bits per heavy atom. The van der Waals surface area contributed by atoms with E-state index in [2.05, 4.69) is 21.2 Å². The summed E-state index contributed by atoms with van der Waals surface area (Å²) in [5, 5.41) is 12.3. The SMILES string of the molecule is CC(C)C(O)CNC(=O)c1cc(N)ccc1Br. The number of hydrogen-bond acceptors (Lipinski definition) is 3. The van der Waals surface area contributed by atoms with Crippen molar-refractivity contribution in [1.82, 2.24) is 5.32 Å². The number of carbonyl (C=O) groups is 1. The molecule has 4 nitrogen and oxygen atoms in total. The van der Waals surface area contributed by atoms with E-state index in [0.717, 1.165) is 0 Å². The number of nitrogens with one attached hydrogen (secondary N) is 1. The monoisotopic (exact) mass is 300 g/mol. The van der Waals surface area contributed by atoms with Crippen LogP contribution in [0.2, 0.25) is 0 Å². The fourth-order valence-electron chi connectivity index (χ4n) is 1.25. The smallest absolute Gasteiger partial charge is 0.252 e. The Balaban J connectivity index is 2.67. The summed E-state index contributed by atoms with van der Waals surface area (Å²) in [4.78, 5) is 11.8. The number of benzene rings is 1. The normalized spacial score (nSPS) is 12.5. The fraction of sp³-hybridized carbons (Fsp3) is 0.417. The van der Waals surface area contributed by atoms with Crippen molar-refractivity contribution < 1.29 is 9.90 Å². The molecular weight excluding hydrogens is 284 g/mol. The summed E-state index contributed by atoms with van der Waals surface area (Å²) >= 11 is 3.29. The summed E-state index contributed by atoms with van der Waals surface area (Å²) in [5.74, 6) is -0.136. The maximum atomic E-state index is 11.8. The highest BCUT2D eigenvalue weighted by atomic mass is 79.9. The minimum atomic E-state index is -0.543. The highest BCUT2D eigenvalue weighted by Crippen LogP contribution is 2.19. The molecule has 0 heterocycles. The van der Waals surface area contributed by atoms with Crippen LogP contribution in [0.15, 0.2) is 22.7 Å². The molecule has 94 valence electrons. The average molecular weight is 301 g/mol. The summed E-state index contributed by atoms with van der Waals surface area (Å²) in [6, 6.07) is 5.04. The van der Waals surface area contributed by atoms with Crippen LogP contribution in [-0.4, -0.2) is 23.7 Å². The highest BCUT2D eigenvalue weighted by Gasteiger charge is 2.14. The third-order valence-corrected chi connectivity index (χ3v) is 3.17. The highest BCUT2D eigenvalue weighted by molar-refractivity contribution is 9.10. The Hall–Kier alpha value is -1.07. The van der Waals surface area contributed by atoms with E-state index >= 15 is 0 Å². The van der Waals surface area contributed by atoms with Gasteiger partial charge in [0.2, 0.25) is 0 Å². The molecule has 0 spiro atoms. The quantitative estimate of drug-likeness (QED) is 0.742. The van der Waals surface area contributed by atoms with Crippen molar-refractivity contribution in [3.8, 4) is 0 Å². The van der Waals surface area contributed by atoms with E-state index in [4.69, 9.17) is 5.73 Å². The molecule has 0 aliphatic heterocycles. The number of nitrogen functional groups attached to an aromatic ring is 1. The number of anilines is 1. The molecule has 1 aromatic carbocycles. The molecule has 4 N–H and O–H groups in total. The molecule has 0 aliphatic rings. The van der Waals surface area contributed by atoms with Crippen LogP contribution in [0.5, 0.6) is 0 Å². The van der Waals surface area contributed by atoms with Gasteiger partial charge in [-0.1, -0.05) is 13.8 Å². The first-order chi connectivity index (χ1) is 7.91. The van der Waals surface area contributed by atoms with E-state index in [1.165, 1.54) is 0 Å². The Morgan fingerprint density at radius 3 is 2.76 bits per heavy atom. The number of carbonyl (C=O) groups excluding carboxylic acids is 1. The van der Waals surface area contributed by atoms with Gasteiger partial charge in [0.1, 0.15) is 0 Å². The van der Waals surface area contributed by atoms with Gasteiger partial charge in [-0.2, -0.15) is 0 Å². The molecule has 0 aliphatic carbocycles. The van der Waals surface area contributed by atoms with Crippen LogP contribution in [0, 0.1) is 5.92 Å². The van der Waals surface area contributed by atoms with Crippen LogP contribution < -0.4 is 11.1 Å². The number of aliphatic hydroxyl groups is 1. The van der Waals surface area contributed by atoms with Gasteiger partial charge in [0.05, 0.1) is 11.7 Å². The molecule has 1 aromatic rings. The van der Waals surface area contributed by atoms with Crippen LogP contribution in [0.25, 0.3) is 0 Å². The van der Waals surface area contributed by atoms with Crippen molar-refractivity contribution in [3.05, 3.63) is 28.2 Å². The molecule has 17 heavy (non-hydrogen) atoms. The van der Waals surface area contributed by atoms with Crippen molar-refractivity contribution in [3.63, 3.8) is 0 Å². The Bertz CT molecular complexity index is 407. The molecule has 1 atom stereocenters. The second-order valence-electron chi connectivity index (χ2n) is 4.26. The molecule has 1 unspecified atom stereocenters. The van der Waals surface area contributed by atoms with Crippen molar-refractivity contribution in [1.29, 1.82) is 0 Å². The van der Waals surface area contributed by atoms with Crippen LogP contribution in [0.4, 0.5) is 5.69 Å². The number of hydrogen-bond donors (Lipinski definition) is 3. The Morgan fingerprint density at radius 2 is 2.18 bits per heavy atom. The van der Waals surface area contributed by atoms with Crippen molar-refractivity contribution in [2.45, 2.75) is 20.0 Å². The van der Waals surface area contributed by atoms with Gasteiger partial charge in [0, 0.05) is 16.7 Å². The summed E-state index contributed by atoms with van der Waals surface area (Å²) in [7, 11) is 0. The minimum Gasteiger partial charge on any atom is -0.399 e. The zero-order valence-corrected chi connectivity index (χ0v) is 11.5. The standard InChI is InChI=1S/C12H17BrN2O2/c1-7(2)11(16)6-15-12(17)9-5-8(14)3-4-10(9)13/h3-5,7,11,16H,6,14H2,1-2H3,(H,15,17). The second-order valence-corrected chi connectivity index (χ2v) is 5.12. The maximum Gasteiger partial charge on any atom is 0.252 e. The van der Waals surface area contributed by atoms with Gasteiger partial charge in [-0.25, -0.2) is 0 Å². The lowest BCUT2D eigenvalue weighted by Gasteiger charge is -2.15. The Labute approximate surface area is 109 Å². The first-order valence-corrected chi connectivity index (χ1v) is 6.22. The lowest BCUT2D eigenvalue weighted by atomic mass is 10.1. The first-order valence-electron chi connectivity index (χ1n) is 5.43. The first kappa shape index (κ1) is 14.0. The van der Waals surface area contributed by atoms with Crippen molar-refractivity contribution in [2.75, 3.05) is 12.3 Å². The summed E-state index contributed by atoms with van der Waals surface area (Å²) in [6.45, 7) is 4.03. The van der Waals surface area contributed by atoms with Crippen LogP contribution in [0.3, 0.4) is 0 Å². The molecule has 0 saturated heterocycles. The third-order valence-electron chi connectivity index (χ3n) is 2.48. The van der Waals surface area contributed by atoms with E-state index in [1.54, 1.807) is 18.2 Å². The molecule has 0 fully saturated rings. The van der Waals surface area contributed by atoms with Gasteiger partial charge in [-0.15, -0.1) is 0 Å². The van der Waals surface area contributed by atoms with E-state index in [-0.39, 0.29) is 18.4 Å². The zero-order chi connectivity index (χ0) is 13.0. The zero-order valence-electron chi connectivity index (χ0n) is 9.90. The Kier molecular flexibility index (Phi) is 4.96. The molecule has 1 amide bonds.